The minimum Gasteiger partial charge on any atom is -0.744 e. The van der Waals surface area contributed by atoms with Crippen LogP contribution < -0.4 is 16.1 Å². The molecule has 0 unspecified atom stereocenters. The molecule has 0 bridgehead atoms. The summed E-state index contributed by atoms with van der Waals surface area (Å²) in [7, 11) is -10.5. The summed E-state index contributed by atoms with van der Waals surface area (Å²) in [5.41, 5.74) is -1.23. The Hall–Kier alpha value is -4.11. The zero-order chi connectivity index (χ0) is 30.4. The van der Waals surface area contributed by atoms with E-state index in [1.54, 1.807) is 0 Å². The Morgan fingerprint density at radius 1 is 0.976 bits per heavy atom. The van der Waals surface area contributed by atoms with Gasteiger partial charge >= 0.3 is 5.97 Å². The first kappa shape index (κ1) is 29.9. The second-order valence-corrected chi connectivity index (χ2v) is 12.5. The maximum Gasteiger partial charge on any atom is 0.336 e. The molecule has 2 aliphatic rings. The topological polar surface area (TPSA) is 220 Å². The van der Waals surface area contributed by atoms with Gasteiger partial charge in [-0.25, -0.2) is 21.6 Å². The average molecular weight is 602 g/mol. The molecule has 4 rings (SSSR count). The van der Waals surface area contributed by atoms with E-state index in [2.05, 4.69) is 5.32 Å². The number of aromatic carboxylic acids is 1. The Kier molecular flexibility index (Phi) is 7.80. The van der Waals surface area contributed by atoms with Gasteiger partial charge in [0.05, 0.1) is 5.56 Å². The van der Waals surface area contributed by atoms with E-state index in [1.165, 1.54) is 37.3 Å². The molecule has 41 heavy (non-hydrogen) atoms. The largest absolute Gasteiger partial charge is 0.744 e. The summed E-state index contributed by atoms with van der Waals surface area (Å²) in [5, 5.41) is 18.0. The molecule has 4 N–H and O–H groups in total. The summed E-state index contributed by atoms with van der Waals surface area (Å²) in [4.78, 5) is 23.3. The molecule has 0 aromatic heterocycles. The molecule has 0 fully saturated rings. The van der Waals surface area contributed by atoms with Crippen LogP contribution in [0.25, 0.3) is 33.4 Å². The normalized spacial score (nSPS) is 12.2. The van der Waals surface area contributed by atoms with Crippen LogP contribution in [-0.4, -0.2) is 49.5 Å². The van der Waals surface area contributed by atoms with E-state index in [-0.39, 0.29) is 33.2 Å². The highest BCUT2D eigenvalue weighted by atomic mass is 32.2. The van der Waals surface area contributed by atoms with Gasteiger partial charge in [0, 0.05) is 34.7 Å². The van der Waals surface area contributed by atoms with E-state index in [1.807, 2.05) is 13.8 Å². The minimum absolute atomic E-state index is 0.0230. The molecule has 0 radical (unpaired) electrons. The van der Waals surface area contributed by atoms with Crippen LogP contribution in [0.4, 0.5) is 0 Å². The number of carboxylic acids is 1. The fourth-order valence-corrected chi connectivity index (χ4v) is 6.17. The van der Waals surface area contributed by atoms with Crippen molar-refractivity contribution in [3.05, 3.63) is 64.5 Å². The number of nitrogens with two attached hydrogens (primary N) is 1. The number of aryl methyl sites for hydroxylation is 1. The SMILES string of the molecule is Cc1ccc2c(-c3ccc(C(=O)NCCC(C)C)cc3C(=O)O)c3ccc(=[NH2+])c(S(=O)(=O)[O-])c-3oc2c1S(=O)(=O)[O-]. The fourth-order valence-electron chi connectivity index (χ4n) is 4.60. The average Bonchev–Trinajstić information content (AvgIpc) is 2.84. The van der Waals surface area contributed by atoms with Crippen molar-refractivity contribution in [2.24, 2.45) is 5.92 Å². The van der Waals surface area contributed by atoms with Crippen LogP contribution in [0.3, 0.4) is 0 Å². The van der Waals surface area contributed by atoms with Gasteiger partial charge in [0.2, 0.25) is 5.36 Å². The number of benzene rings is 3. The van der Waals surface area contributed by atoms with Gasteiger partial charge in [0.1, 0.15) is 25.1 Å². The van der Waals surface area contributed by atoms with Crippen molar-refractivity contribution in [3.63, 3.8) is 0 Å². The van der Waals surface area contributed by atoms with E-state index in [4.69, 9.17) is 9.83 Å². The first-order valence-electron chi connectivity index (χ1n) is 12.2. The van der Waals surface area contributed by atoms with Crippen LogP contribution in [0, 0.1) is 12.8 Å². The molecule has 0 spiro atoms. The van der Waals surface area contributed by atoms with Crippen molar-refractivity contribution >= 4 is 43.1 Å². The Labute approximate surface area is 235 Å². The standard InChI is InChI=1S/C27H26N2O10S2/c1-13(2)10-11-29-26(30)15-5-7-16(19(12-15)27(31)32)21-17-6-4-14(3)24(40(33,34)35)22(17)39-23-18(21)8-9-20(28)25(23)41(36,37)38/h4-9,12-13,28H,10-11H2,1-3H3,(H,29,30)(H,31,32)(H,33,34,35)(H,36,37,38)/p-1. The van der Waals surface area contributed by atoms with Crippen LogP contribution in [0.1, 0.15) is 46.5 Å². The lowest BCUT2D eigenvalue weighted by atomic mass is 9.89. The van der Waals surface area contributed by atoms with Crippen LogP contribution in [0.5, 0.6) is 0 Å². The molecule has 216 valence electrons. The zero-order valence-corrected chi connectivity index (χ0v) is 23.7. The van der Waals surface area contributed by atoms with Crippen molar-refractivity contribution in [2.75, 3.05) is 6.54 Å². The maximum absolute atomic E-state index is 12.7. The molecular formula is C27H25N2O10S2-. The van der Waals surface area contributed by atoms with E-state index in [0.29, 0.717) is 18.9 Å². The molecule has 12 nitrogen and oxygen atoms in total. The number of hydrogen-bond acceptors (Lipinski definition) is 9. The molecule has 2 aromatic carbocycles. The van der Waals surface area contributed by atoms with Gasteiger partial charge in [-0.05, 0) is 48.6 Å². The lowest BCUT2D eigenvalue weighted by Crippen LogP contribution is -2.47. The minimum atomic E-state index is -5.31. The van der Waals surface area contributed by atoms with Gasteiger partial charge < -0.3 is 23.9 Å². The van der Waals surface area contributed by atoms with Crippen LogP contribution in [0.2, 0.25) is 0 Å². The van der Waals surface area contributed by atoms with Crippen molar-refractivity contribution in [3.8, 4) is 22.5 Å². The number of carbonyl (C=O) groups is 2. The molecule has 0 saturated carbocycles. The van der Waals surface area contributed by atoms with Gasteiger partial charge in [0.25, 0.3) is 5.91 Å². The van der Waals surface area contributed by atoms with Crippen LogP contribution in [-0.2, 0) is 20.2 Å². The lowest BCUT2D eigenvalue weighted by molar-refractivity contribution is -0.176. The van der Waals surface area contributed by atoms with Gasteiger partial charge in [-0.3, -0.25) is 10.2 Å². The molecule has 14 heteroatoms. The monoisotopic (exact) mass is 601 g/mol. The number of carbonyl (C=O) groups excluding carboxylic acids is 1. The van der Waals surface area contributed by atoms with E-state index < -0.39 is 64.2 Å². The van der Waals surface area contributed by atoms with Crippen LogP contribution in [0.15, 0.2) is 56.7 Å². The Morgan fingerprint density at radius 2 is 1.61 bits per heavy atom. The smallest absolute Gasteiger partial charge is 0.336 e. The number of fused-ring (bicyclic) bond motifs is 2. The molecule has 1 amide bonds. The second-order valence-electron chi connectivity index (χ2n) is 9.84. The molecule has 1 heterocycles. The Balaban J connectivity index is 2.14. The third-order valence-electron chi connectivity index (χ3n) is 6.48. The summed E-state index contributed by atoms with van der Waals surface area (Å²) in [6.45, 7) is 5.62. The van der Waals surface area contributed by atoms with Crippen molar-refractivity contribution in [2.45, 2.75) is 37.0 Å². The first-order valence-corrected chi connectivity index (χ1v) is 15.0. The molecule has 0 saturated heterocycles. The third-order valence-corrected chi connectivity index (χ3v) is 8.41. The first-order chi connectivity index (χ1) is 19.0. The molecule has 1 aliphatic carbocycles. The quantitative estimate of drug-likeness (QED) is 0.195. The number of amides is 1. The highest BCUT2D eigenvalue weighted by molar-refractivity contribution is 7.86. The maximum atomic E-state index is 12.7. The number of hydrogen-bond donors (Lipinski definition) is 3. The summed E-state index contributed by atoms with van der Waals surface area (Å²) < 4.78 is 79.1. The molecule has 0 atom stereocenters. The highest BCUT2D eigenvalue weighted by Gasteiger charge is 2.30. The van der Waals surface area contributed by atoms with E-state index in [9.17, 15) is 40.6 Å². The van der Waals surface area contributed by atoms with Crippen molar-refractivity contribution in [1.82, 2.24) is 5.32 Å². The van der Waals surface area contributed by atoms with Crippen molar-refractivity contribution < 1.29 is 50.5 Å². The number of nitrogens with one attached hydrogen (secondary N) is 1. The van der Waals surface area contributed by atoms with E-state index in [0.717, 1.165) is 12.1 Å². The van der Waals surface area contributed by atoms with E-state index >= 15 is 0 Å². The van der Waals surface area contributed by atoms with Gasteiger partial charge in [-0.2, -0.15) is 0 Å². The van der Waals surface area contributed by atoms with Crippen molar-refractivity contribution in [1.29, 1.82) is 0 Å². The van der Waals surface area contributed by atoms with Gasteiger partial charge in [-0.1, -0.05) is 32.0 Å². The molecule has 2 aromatic rings. The predicted octanol–water partition coefficient (Wildman–Crippen LogP) is 1.46. The Bertz CT molecular complexity index is 1980. The highest BCUT2D eigenvalue weighted by Crippen LogP contribution is 2.45. The summed E-state index contributed by atoms with van der Waals surface area (Å²) in [6.07, 6.45) is 0.694. The molecular weight excluding hydrogens is 576 g/mol. The Morgan fingerprint density at radius 3 is 2.20 bits per heavy atom. The van der Waals surface area contributed by atoms with Crippen LogP contribution >= 0.6 is 0 Å². The molecule has 1 aliphatic heterocycles. The summed E-state index contributed by atoms with van der Waals surface area (Å²) >= 11 is 0. The zero-order valence-electron chi connectivity index (χ0n) is 22.0. The summed E-state index contributed by atoms with van der Waals surface area (Å²) in [6, 6.07) is 8.81. The number of rotatable bonds is 8. The summed E-state index contributed by atoms with van der Waals surface area (Å²) in [5.74, 6) is -2.33. The second kappa shape index (κ2) is 10.7. The number of carboxylic acid groups (broad SMARTS) is 1. The fraction of sp³-hybridized carbons (Fsp3) is 0.222. The lowest BCUT2D eigenvalue weighted by Gasteiger charge is -2.22. The van der Waals surface area contributed by atoms with Gasteiger partial charge in [0.15, 0.2) is 16.2 Å². The van der Waals surface area contributed by atoms with Gasteiger partial charge in [-0.15, -0.1) is 0 Å². The predicted molar refractivity (Wildman–Crippen MR) is 143 cm³/mol. The third kappa shape index (κ3) is 5.72.